The summed E-state index contributed by atoms with van der Waals surface area (Å²) in [7, 11) is 0.892. The van der Waals surface area contributed by atoms with Crippen LogP contribution in [0.1, 0.15) is 52.7 Å². The predicted octanol–water partition coefficient (Wildman–Crippen LogP) is 3.17. The van der Waals surface area contributed by atoms with Crippen LogP contribution in [-0.2, 0) is 26.2 Å². The molecule has 0 aliphatic carbocycles. The Labute approximate surface area is 240 Å². The minimum Gasteiger partial charge on any atom is -1.00 e. The summed E-state index contributed by atoms with van der Waals surface area (Å²) in [5, 5.41) is 0. The molecule has 2 aromatic rings. The van der Waals surface area contributed by atoms with Gasteiger partial charge in [0.1, 0.15) is 0 Å². The fourth-order valence-corrected chi connectivity index (χ4v) is 5.72. The normalized spacial score (nSPS) is 8.97. The van der Waals surface area contributed by atoms with Gasteiger partial charge in [-0.1, -0.05) is 108 Å². The van der Waals surface area contributed by atoms with Gasteiger partial charge in [-0.05, 0) is 48.1 Å². The third kappa shape index (κ3) is 19.1. The zero-order valence-corrected chi connectivity index (χ0v) is 27.2. The molecule has 33 heavy (non-hydrogen) atoms. The van der Waals surface area contributed by atoms with Crippen molar-refractivity contribution < 1.29 is 51.0 Å². The van der Waals surface area contributed by atoms with Crippen molar-refractivity contribution in [3.05, 3.63) is 90.5 Å². The van der Waals surface area contributed by atoms with E-state index in [0.29, 0.717) is 15.8 Å². The first kappa shape index (κ1) is 40.4. The largest absolute Gasteiger partial charge is 3.00 e. The number of hydrogen-bond acceptors (Lipinski definition) is 0. The van der Waals surface area contributed by atoms with Gasteiger partial charge in [-0.25, -0.2) is 12.2 Å². The monoisotopic (exact) mass is 601 g/mol. The molecule has 0 aliphatic heterocycles. The molecule has 0 unspecified atom stereocenters. The number of rotatable bonds is 9. The Hall–Kier alpha value is 0.243. The summed E-state index contributed by atoms with van der Waals surface area (Å²) in [6.07, 6.45) is 12.0. The second-order valence-electron chi connectivity index (χ2n) is 6.74. The maximum absolute atomic E-state index is 5.50. The molecule has 0 bridgehead atoms. The SMILES string of the molecule is CCP(CC)CC.CCP(CC)CC.[CH-]=CC=C(c1ccccc1)c1ccccc1.[Cl-].[Cl-].[Zr+3]. The summed E-state index contributed by atoms with van der Waals surface area (Å²) in [4.78, 5) is 0. The number of hydrogen-bond donors (Lipinski definition) is 0. The Morgan fingerprint density at radius 2 is 0.879 bits per heavy atom. The topological polar surface area (TPSA) is 0 Å². The molecular formula is C28H43Cl2P2Zr. The molecule has 2 aromatic carbocycles. The van der Waals surface area contributed by atoms with Crippen LogP contribution in [0.15, 0.2) is 72.8 Å². The smallest absolute Gasteiger partial charge is 1.00 e. The minimum absolute atomic E-state index is 0. The van der Waals surface area contributed by atoms with E-state index in [1.54, 1.807) is 6.08 Å². The molecule has 0 saturated carbocycles. The van der Waals surface area contributed by atoms with E-state index < -0.39 is 0 Å². The molecule has 0 heterocycles. The van der Waals surface area contributed by atoms with E-state index in [4.69, 9.17) is 6.58 Å². The van der Waals surface area contributed by atoms with Crippen LogP contribution in [0.25, 0.3) is 5.57 Å². The molecule has 0 spiro atoms. The summed E-state index contributed by atoms with van der Waals surface area (Å²) in [6, 6.07) is 20.5. The van der Waals surface area contributed by atoms with Crippen molar-refractivity contribution in [2.24, 2.45) is 0 Å². The molecule has 2 rings (SSSR count). The van der Waals surface area contributed by atoms with Crippen LogP contribution in [-0.4, -0.2) is 37.0 Å². The van der Waals surface area contributed by atoms with Gasteiger partial charge >= 0.3 is 26.2 Å². The minimum atomic E-state index is 0. The second kappa shape index (κ2) is 28.5. The van der Waals surface area contributed by atoms with E-state index in [1.807, 2.05) is 42.5 Å². The summed E-state index contributed by atoms with van der Waals surface area (Å²) >= 11 is 0. The Morgan fingerprint density at radius 1 is 0.606 bits per heavy atom. The van der Waals surface area contributed by atoms with E-state index in [-0.39, 0.29) is 51.0 Å². The molecule has 0 saturated heterocycles. The van der Waals surface area contributed by atoms with Gasteiger partial charge in [0.2, 0.25) is 0 Å². The van der Waals surface area contributed by atoms with Gasteiger partial charge in [-0.3, -0.25) is 6.58 Å². The molecule has 0 aliphatic rings. The van der Waals surface area contributed by atoms with Gasteiger partial charge in [-0.15, -0.1) is 15.8 Å². The van der Waals surface area contributed by atoms with Crippen LogP contribution in [0.4, 0.5) is 0 Å². The predicted molar refractivity (Wildman–Crippen MR) is 146 cm³/mol. The van der Waals surface area contributed by atoms with Gasteiger partial charge < -0.3 is 24.8 Å². The fourth-order valence-electron chi connectivity index (χ4n) is 3.03. The quantitative estimate of drug-likeness (QED) is 0.235. The first-order valence-corrected chi connectivity index (χ1v) is 15.2. The van der Waals surface area contributed by atoms with Crippen molar-refractivity contribution >= 4 is 21.4 Å². The maximum atomic E-state index is 5.50. The van der Waals surface area contributed by atoms with Gasteiger partial charge in [-0.2, -0.15) is 0 Å². The van der Waals surface area contributed by atoms with Gasteiger partial charge in [0.05, 0.1) is 0 Å². The van der Waals surface area contributed by atoms with Crippen molar-refractivity contribution in [1.82, 2.24) is 0 Å². The molecule has 0 amide bonds. The Balaban J connectivity index is -0.000000212. The standard InChI is InChI=1S/C16H13.2C6H15P.2ClH.Zr/c1-2-9-16(14-10-5-3-6-11-14)15-12-7-4-8-13-15;2*1-4-7(5-2)6-3;;;/h1-13H;2*4-6H2,1-3H3;2*1H;/q-1;;;;;+3/p-2. The van der Waals surface area contributed by atoms with Crippen LogP contribution >= 0.6 is 15.8 Å². The Bertz CT molecular complexity index is 606. The summed E-state index contributed by atoms with van der Waals surface area (Å²) in [5.41, 5.74) is 3.49. The molecule has 0 nitrogen and oxygen atoms in total. The zero-order valence-electron chi connectivity index (χ0n) is 21.4. The first-order valence-electron chi connectivity index (χ1n) is 11.4. The number of benzene rings is 2. The summed E-state index contributed by atoms with van der Waals surface area (Å²) < 4.78 is 0. The molecule has 0 N–H and O–H groups in total. The van der Waals surface area contributed by atoms with Crippen molar-refractivity contribution in [2.45, 2.75) is 41.5 Å². The van der Waals surface area contributed by atoms with Crippen LogP contribution in [0.2, 0.25) is 0 Å². The van der Waals surface area contributed by atoms with Crippen molar-refractivity contribution in [1.29, 1.82) is 0 Å². The maximum Gasteiger partial charge on any atom is 3.00 e. The third-order valence-electron chi connectivity index (χ3n) is 5.12. The zero-order chi connectivity index (χ0) is 22.6. The molecule has 183 valence electrons. The van der Waals surface area contributed by atoms with Crippen molar-refractivity contribution in [2.75, 3.05) is 37.0 Å². The van der Waals surface area contributed by atoms with Gasteiger partial charge in [0.25, 0.3) is 0 Å². The molecule has 0 fully saturated rings. The first-order chi connectivity index (χ1) is 14.6. The second-order valence-corrected chi connectivity index (χ2v) is 13.2. The fraction of sp³-hybridized carbons (Fsp3) is 0.429. The van der Waals surface area contributed by atoms with E-state index in [9.17, 15) is 0 Å². The molecule has 5 heteroatoms. The number of allylic oxidation sites excluding steroid dienone is 2. The van der Waals surface area contributed by atoms with Crippen LogP contribution in [0.5, 0.6) is 0 Å². The Morgan fingerprint density at radius 3 is 1.06 bits per heavy atom. The van der Waals surface area contributed by atoms with Crippen molar-refractivity contribution in [3.8, 4) is 0 Å². The molecule has 0 atom stereocenters. The Kier molecular flexibility index (Phi) is 34.9. The van der Waals surface area contributed by atoms with Crippen LogP contribution in [0.3, 0.4) is 0 Å². The third-order valence-corrected chi connectivity index (χ3v) is 10.5. The van der Waals surface area contributed by atoms with Gasteiger partial charge in [0.15, 0.2) is 0 Å². The average Bonchev–Trinajstić information content (AvgIpc) is 2.82. The van der Waals surface area contributed by atoms with E-state index in [0.717, 1.165) is 5.57 Å². The van der Waals surface area contributed by atoms with E-state index in [2.05, 4.69) is 65.8 Å². The van der Waals surface area contributed by atoms with Gasteiger partial charge in [0, 0.05) is 0 Å². The van der Waals surface area contributed by atoms with E-state index >= 15 is 0 Å². The van der Waals surface area contributed by atoms with Crippen LogP contribution in [0, 0.1) is 6.58 Å². The van der Waals surface area contributed by atoms with Crippen LogP contribution < -0.4 is 24.8 Å². The molecular weight excluding hydrogens is 560 g/mol. The summed E-state index contributed by atoms with van der Waals surface area (Å²) in [6.45, 7) is 19.2. The summed E-state index contributed by atoms with van der Waals surface area (Å²) in [5.74, 6) is 0. The average molecular weight is 604 g/mol. The molecule has 0 aromatic heterocycles. The van der Waals surface area contributed by atoms with E-state index in [1.165, 1.54) is 48.1 Å². The molecule has 1 radical (unpaired) electrons. The number of halogens is 2. The van der Waals surface area contributed by atoms with Crippen molar-refractivity contribution in [3.63, 3.8) is 0 Å².